The van der Waals surface area contributed by atoms with E-state index in [0.29, 0.717) is 12.2 Å². The van der Waals surface area contributed by atoms with Gasteiger partial charge in [-0.25, -0.2) is 15.2 Å². The molecule has 0 aliphatic heterocycles. The van der Waals surface area contributed by atoms with Crippen LogP contribution in [0.3, 0.4) is 0 Å². The number of esters is 1. The first-order valence-electron chi connectivity index (χ1n) is 11.3. The highest BCUT2D eigenvalue weighted by atomic mass is 32.1. The van der Waals surface area contributed by atoms with E-state index < -0.39 is 10.8 Å². The zero-order chi connectivity index (χ0) is 25.1. The first kappa shape index (κ1) is 24.3. The van der Waals surface area contributed by atoms with Crippen LogP contribution in [0.5, 0.6) is 0 Å². The van der Waals surface area contributed by atoms with Crippen molar-refractivity contribution in [3.63, 3.8) is 0 Å². The summed E-state index contributed by atoms with van der Waals surface area (Å²) in [5, 5.41) is 15.6. The van der Waals surface area contributed by atoms with Gasteiger partial charge in [0.25, 0.3) is 11.6 Å². The Kier molecular flexibility index (Phi) is 7.06. The number of hydrogen-bond donors (Lipinski definition) is 1. The molecule has 35 heavy (non-hydrogen) atoms. The number of hydrogen-bond acceptors (Lipinski definition) is 8. The molecule has 0 radical (unpaired) electrons. The van der Waals surface area contributed by atoms with Crippen LogP contribution in [0.2, 0.25) is 0 Å². The molecule has 11 heteroatoms. The fourth-order valence-electron chi connectivity index (χ4n) is 4.20. The molecule has 1 aliphatic rings. The molecule has 0 aromatic carbocycles. The molecule has 1 amide bonds. The van der Waals surface area contributed by atoms with Crippen molar-refractivity contribution in [3.05, 3.63) is 73.2 Å². The number of amides is 1. The third-order valence-electron chi connectivity index (χ3n) is 5.87. The van der Waals surface area contributed by atoms with Crippen molar-refractivity contribution in [2.45, 2.75) is 46.5 Å². The van der Waals surface area contributed by atoms with Crippen LogP contribution in [0.25, 0.3) is 5.00 Å². The molecular formula is C24H25N5O5S. The van der Waals surface area contributed by atoms with Crippen molar-refractivity contribution in [2.24, 2.45) is 5.10 Å². The maximum Gasteiger partial charge on any atom is 0.341 e. The maximum atomic E-state index is 12.9. The quantitative estimate of drug-likeness (QED) is 0.225. The Morgan fingerprint density at radius 1 is 1.31 bits per heavy atom. The van der Waals surface area contributed by atoms with Gasteiger partial charge in [0.15, 0.2) is 0 Å². The van der Waals surface area contributed by atoms with Gasteiger partial charge in [-0.2, -0.15) is 5.10 Å². The normalized spacial score (nSPS) is 13.0. The summed E-state index contributed by atoms with van der Waals surface area (Å²) in [5.41, 5.74) is 6.54. The summed E-state index contributed by atoms with van der Waals surface area (Å²) in [7, 11) is 0. The number of thiophene rings is 1. The largest absolute Gasteiger partial charge is 0.462 e. The molecule has 1 aliphatic carbocycles. The Morgan fingerprint density at radius 2 is 2.09 bits per heavy atom. The van der Waals surface area contributed by atoms with Gasteiger partial charge in [-0.15, -0.1) is 11.3 Å². The number of fused-ring (bicyclic) bond motifs is 1. The Hall–Kier alpha value is -3.86. The lowest BCUT2D eigenvalue weighted by atomic mass is 9.95. The molecule has 0 saturated heterocycles. The van der Waals surface area contributed by atoms with Crippen LogP contribution in [-0.4, -0.2) is 39.2 Å². The van der Waals surface area contributed by atoms with Gasteiger partial charge < -0.3 is 9.30 Å². The molecule has 0 bridgehead atoms. The molecule has 0 unspecified atom stereocenters. The summed E-state index contributed by atoms with van der Waals surface area (Å²) < 4.78 is 7.43. The Labute approximate surface area is 205 Å². The highest BCUT2D eigenvalue weighted by Crippen LogP contribution is 2.39. The Balaban J connectivity index is 1.60. The molecule has 0 saturated carbocycles. The van der Waals surface area contributed by atoms with Gasteiger partial charge in [0.1, 0.15) is 16.9 Å². The van der Waals surface area contributed by atoms with Crippen LogP contribution in [0.4, 0.5) is 5.69 Å². The summed E-state index contributed by atoms with van der Waals surface area (Å²) in [6.45, 7) is 6.00. The summed E-state index contributed by atoms with van der Waals surface area (Å²) in [5.74, 6) is -0.882. The molecule has 10 nitrogen and oxygen atoms in total. The smallest absolute Gasteiger partial charge is 0.341 e. The van der Waals surface area contributed by atoms with Gasteiger partial charge in [-0.05, 0) is 64.2 Å². The number of ether oxygens (including phenoxy) is 1. The van der Waals surface area contributed by atoms with Crippen molar-refractivity contribution in [1.82, 2.24) is 15.0 Å². The van der Waals surface area contributed by atoms with Crippen LogP contribution < -0.4 is 5.43 Å². The van der Waals surface area contributed by atoms with Crippen molar-refractivity contribution in [3.8, 4) is 5.00 Å². The standard InChI is InChI=1S/C24H25N5O5S/c1-4-34-24(31)21-18-7-5-6-8-20(18)35-23(21)28-14(2)11-16(15(28)3)12-26-27-22(30)19-10-9-17(13-25-19)29(32)33/h9-13H,4-8H2,1-3H3,(H,27,30). The minimum absolute atomic E-state index is 0.0152. The Bertz CT molecular complexity index is 1320. The number of nitrogens with one attached hydrogen (secondary N) is 1. The van der Waals surface area contributed by atoms with E-state index >= 15 is 0 Å². The van der Waals surface area contributed by atoms with Crippen molar-refractivity contribution in [2.75, 3.05) is 6.61 Å². The molecule has 3 aromatic heterocycles. The minimum Gasteiger partial charge on any atom is -0.462 e. The number of rotatable bonds is 7. The van der Waals surface area contributed by atoms with Gasteiger partial charge in [0.2, 0.25) is 0 Å². The second-order valence-corrected chi connectivity index (χ2v) is 9.21. The number of hydrazone groups is 1. The highest BCUT2D eigenvalue weighted by molar-refractivity contribution is 7.15. The van der Waals surface area contributed by atoms with E-state index in [1.165, 1.54) is 23.2 Å². The number of nitro groups is 1. The molecule has 0 spiro atoms. The first-order valence-corrected chi connectivity index (χ1v) is 12.1. The van der Waals surface area contributed by atoms with Crippen molar-refractivity contribution >= 4 is 35.1 Å². The number of nitrogens with zero attached hydrogens (tertiary/aromatic N) is 4. The zero-order valence-electron chi connectivity index (χ0n) is 19.7. The number of carbonyl (C=O) groups excluding carboxylic acids is 2. The molecule has 3 heterocycles. The van der Waals surface area contributed by atoms with Gasteiger partial charge in [0.05, 0.1) is 23.3 Å². The Morgan fingerprint density at radius 3 is 2.77 bits per heavy atom. The van der Waals surface area contributed by atoms with Crippen molar-refractivity contribution < 1.29 is 19.2 Å². The molecular weight excluding hydrogens is 470 g/mol. The molecule has 3 aromatic rings. The summed E-state index contributed by atoms with van der Waals surface area (Å²) in [4.78, 5) is 40.4. The summed E-state index contributed by atoms with van der Waals surface area (Å²) in [6.07, 6.45) is 6.55. The number of carbonyl (C=O) groups is 2. The van der Waals surface area contributed by atoms with Gasteiger partial charge in [0, 0.05) is 27.9 Å². The van der Waals surface area contributed by atoms with E-state index in [2.05, 4.69) is 15.5 Å². The summed E-state index contributed by atoms with van der Waals surface area (Å²) in [6, 6.07) is 4.41. The molecule has 1 N–H and O–H groups in total. The number of aromatic nitrogens is 2. The van der Waals surface area contributed by atoms with Crippen LogP contribution in [0, 0.1) is 24.0 Å². The molecule has 0 atom stereocenters. The average molecular weight is 496 g/mol. The fourth-order valence-corrected chi connectivity index (χ4v) is 5.69. The van der Waals surface area contributed by atoms with E-state index in [1.807, 2.05) is 24.5 Å². The first-order chi connectivity index (χ1) is 16.8. The van der Waals surface area contributed by atoms with Crippen LogP contribution in [-0.2, 0) is 17.6 Å². The lowest BCUT2D eigenvalue weighted by Crippen LogP contribution is -2.19. The van der Waals surface area contributed by atoms with E-state index in [4.69, 9.17) is 4.74 Å². The van der Waals surface area contributed by atoms with Crippen molar-refractivity contribution in [1.29, 1.82) is 0 Å². The number of aryl methyl sites for hydroxylation is 2. The summed E-state index contributed by atoms with van der Waals surface area (Å²) >= 11 is 1.63. The van der Waals surface area contributed by atoms with Gasteiger partial charge in [-0.1, -0.05) is 0 Å². The van der Waals surface area contributed by atoms with Crippen LogP contribution in [0.1, 0.15) is 68.0 Å². The molecule has 0 fully saturated rings. The van der Waals surface area contributed by atoms with E-state index in [-0.39, 0.29) is 17.4 Å². The van der Waals surface area contributed by atoms with E-state index in [1.54, 1.807) is 18.3 Å². The lowest BCUT2D eigenvalue weighted by Gasteiger charge is -2.13. The van der Waals surface area contributed by atoms with E-state index in [9.17, 15) is 19.7 Å². The molecule has 182 valence electrons. The second-order valence-electron chi connectivity index (χ2n) is 8.13. The minimum atomic E-state index is -0.583. The predicted octanol–water partition coefficient (Wildman–Crippen LogP) is 4.28. The topological polar surface area (TPSA) is 129 Å². The highest BCUT2D eigenvalue weighted by Gasteiger charge is 2.28. The monoisotopic (exact) mass is 495 g/mol. The van der Waals surface area contributed by atoms with E-state index in [0.717, 1.165) is 59.4 Å². The average Bonchev–Trinajstić information content (AvgIpc) is 3.35. The zero-order valence-corrected chi connectivity index (χ0v) is 20.5. The van der Waals surface area contributed by atoms with Gasteiger partial charge >= 0.3 is 5.97 Å². The van der Waals surface area contributed by atoms with Crippen LogP contribution >= 0.6 is 11.3 Å². The lowest BCUT2D eigenvalue weighted by molar-refractivity contribution is -0.385. The van der Waals surface area contributed by atoms with Gasteiger partial charge in [-0.3, -0.25) is 14.9 Å². The SMILES string of the molecule is CCOC(=O)c1c(-n2c(C)cc(C=NNC(=O)c3ccc([N+](=O)[O-])cn3)c2C)sc2c1CCCC2. The molecule has 4 rings (SSSR count). The predicted molar refractivity (Wildman–Crippen MR) is 132 cm³/mol. The second kappa shape index (κ2) is 10.2. The maximum absolute atomic E-state index is 12.9. The third kappa shape index (κ3) is 4.85. The fraction of sp³-hybridized carbons (Fsp3) is 0.333. The van der Waals surface area contributed by atoms with Crippen LogP contribution in [0.15, 0.2) is 29.5 Å². The third-order valence-corrected chi connectivity index (χ3v) is 7.14. The number of pyridine rings is 1.